The fraction of sp³-hybridized carbons (Fsp3) is 0.533. The van der Waals surface area contributed by atoms with Gasteiger partial charge in [0, 0.05) is 13.0 Å². The molecule has 0 aliphatic carbocycles. The van der Waals surface area contributed by atoms with Gasteiger partial charge in [-0.25, -0.2) is 0 Å². The van der Waals surface area contributed by atoms with Crippen LogP contribution in [0.3, 0.4) is 0 Å². The molecule has 1 fully saturated rings. The minimum absolute atomic E-state index is 0.0489. The molecule has 0 bridgehead atoms. The minimum atomic E-state index is -0.214. The van der Waals surface area contributed by atoms with Crippen molar-refractivity contribution in [1.29, 1.82) is 0 Å². The molecule has 6 heteroatoms. The molecule has 1 aliphatic heterocycles. The van der Waals surface area contributed by atoms with E-state index < -0.39 is 0 Å². The lowest BCUT2D eigenvalue weighted by atomic mass is 10.3. The van der Waals surface area contributed by atoms with E-state index in [1.807, 2.05) is 12.1 Å². The lowest BCUT2D eigenvalue weighted by molar-refractivity contribution is -0.180. The third-order valence-corrected chi connectivity index (χ3v) is 3.03. The van der Waals surface area contributed by atoms with Crippen LogP contribution in [-0.4, -0.2) is 45.7 Å². The van der Waals surface area contributed by atoms with E-state index in [9.17, 15) is 4.79 Å². The zero-order valence-electron chi connectivity index (χ0n) is 12.2. The highest BCUT2D eigenvalue weighted by molar-refractivity contribution is 5.77. The Balaban J connectivity index is 1.65. The molecule has 1 N–H and O–H groups in total. The molecule has 1 aromatic rings. The van der Waals surface area contributed by atoms with Crippen LogP contribution in [0.15, 0.2) is 24.3 Å². The number of hydrogen-bond donors (Lipinski definition) is 1. The largest absolute Gasteiger partial charge is 0.493 e. The van der Waals surface area contributed by atoms with Crippen LogP contribution in [-0.2, 0) is 14.3 Å². The molecule has 2 rings (SSSR count). The summed E-state index contributed by atoms with van der Waals surface area (Å²) < 4.78 is 21.4. The maximum Gasteiger partial charge on any atom is 0.257 e. The average molecular weight is 295 g/mol. The third kappa shape index (κ3) is 5.24. The zero-order chi connectivity index (χ0) is 14.9. The standard InChI is InChI=1S/C15H21NO5/c1-18-12-5-2-3-6-13(12)21-11-14(17)16-8-7-15-19-9-4-10-20-15/h2-3,5-6,15H,4,7-11H2,1H3,(H,16,17). The molecule has 0 radical (unpaired) electrons. The van der Waals surface area contributed by atoms with Crippen LogP contribution in [0.4, 0.5) is 0 Å². The summed E-state index contributed by atoms with van der Waals surface area (Å²) in [7, 11) is 1.56. The fourth-order valence-electron chi connectivity index (χ4n) is 1.97. The molecule has 1 heterocycles. The fourth-order valence-corrected chi connectivity index (χ4v) is 1.97. The molecule has 116 valence electrons. The smallest absolute Gasteiger partial charge is 0.257 e. The van der Waals surface area contributed by atoms with Crippen molar-refractivity contribution in [2.24, 2.45) is 0 Å². The van der Waals surface area contributed by atoms with Crippen LogP contribution in [0.5, 0.6) is 11.5 Å². The summed E-state index contributed by atoms with van der Waals surface area (Å²) in [4.78, 5) is 11.7. The molecule has 1 aromatic carbocycles. The number of ether oxygens (including phenoxy) is 4. The highest BCUT2D eigenvalue weighted by Gasteiger charge is 2.14. The average Bonchev–Trinajstić information content (AvgIpc) is 2.54. The molecule has 1 amide bonds. The molecular formula is C15H21NO5. The topological polar surface area (TPSA) is 66.0 Å². The van der Waals surface area contributed by atoms with Gasteiger partial charge in [0.15, 0.2) is 24.4 Å². The van der Waals surface area contributed by atoms with E-state index in [1.54, 1.807) is 19.2 Å². The number of carbonyl (C=O) groups is 1. The quantitative estimate of drug-likeness (QED) is 0.822. The lowest BCUT2D eigenvalue weighted by Crippen LogP contribution is -2.34. The van der Waals surface area contributed by atoms with Gasteiger partial charge in [0.25, 0.3) is 5.91 Å². The van der Waals surface area contributed by atoms with Crippen LogP contribution >= 0.6 is 0 Å². The molecule has 1 saturated heterocycles. The summed E-state index contributed by atoms with van der Waals surface area (Å²) in [6.45, 7) is 1.89. The molecule has 0 atom stereocenters. The Kier molecular flexibility index (Phi) is 6.30. The molecular weight excluding hydrogens is 274 g/mol. The molecule has 0 spiro atoms. The maximum absolute atomic E-state index is 11.7. The zero-order valence-corrected chi connectivity index (χ0v) is 12.2. The van der Waals surface area contributed by atoms with E-state index in [-0.39, 0.29) is 18.8 Å². The Morgan fingerprint density at radius 2 is 2.00 bits per heavy atom. The van der Waals surface area contributed by atoms with Crippen molar-refractivity contribution >= 4 is 5.91 Å². The Hall–Kier alpha value is -1.79. The van der Waals surface area contributed by atoms with Crippen LogP contribution in [0, 0.1) is 0 Å². The number of amides is 1. The van der Waals surface area contributed by atoms with E-state index in [4.69, 9.17) is 18.9 Å². The van der Waals surface area contributed by atoms with Gasteiger partial charge >= 0.3 is 0 Å². The van der Waals surface area contributed by atoms with Crippen molar-refractivity contribution in [2.75, 3.05) is 33.5 Å². The molecule has 21 heavy (non-hydrogen) atoms. The van der Waals surface area contributed by atoms with Crippen LogP contribution < -0.4 is 14.8 Å². The molecule has 0 unspecified atom stereocenters. The van der Waals surface area contributed by atoms with Crippen molar-refractivity contribution in [3.8, 4) is 11.5 Å². The molecule has 0 aromatic heterocycles. The second-order valence-electron chi connectivity index (χ2n) is 4.60. The van der Waals surface area contributed by atoms with Gasteiger partial charge in [0.05, 0.1) is 20.3 Å². The predicted octanol–water partition coefficient (Wildman–Crippen LogP) is 1.34. The molecule has 1 aliphatic rings. The summed E-state index contributed by atoms with van der Waals surface area (Å²) in [5.74, 6) is 0.972. The normalized spacial score (nSPS) is 15.5. The first kappa shape index (κ1) is 15.6. The Morgan fingerprint density at radius 3 is 2.71 bits per heavy atom. The number of para-hydroxylation sites is 2. The van der Waals surface area contributed by atoms with Gasteiger partial charge in [-0.3, -0.25) is 4.79 Å². The number of benzene rings is 1. The van der Waals surface area contributed by atoms with Gasteiger partial charge in [-0.05, 0) is 18.6 Å². The first-order valence-corrected chi connectivity index (χ1v) is 7.05. The predicted molar refractivity (Wildman–Crippen MR) is 76.4 cm³/mol. The van der Waals surface area contributed by atoms with E-state index >= 15 is 0 Å². The number of nitrogens with one attached hydrogen (secondary N) is 1. The summed E-state index contributed by atoms with van der Waals surface area (Å²) in [6.07, 6.45) is 1.35. The van der Waals surface area contributed by atoms with Crippen molar-refractivity contribution in [1.82, 2.24) is 5.32 Å². The highest BCUT2D eigenvalue weighted by atomic mass is 16.7. The van der Waals surface area contributed by atoms with E-state index in [2.05, 4.69) is 5.32 Å². The second-order valence-corrected chi connectivity index (χ2v) is 4.60. The highest BCUT2D eigenvalue weighted by Crippen LogP contribution is 2.25. The van der Waals surface area contributed by atoms with Gasteiger partial charge in [0.2, 0.25) is 0 Å². The number of rotatable bonds is 7. The molecule has 0 saturated carbocycles. The van der Waals surface area contributed by atoms with E-state index in [0.29, 0.717) is 24.5 Å². The second kappa shape index (κ2) is 8.49. The maximum atomic E-state index is 11.7. The summed E-state index contributed by atoms with van der Waals surface area (Å²) >= 11 is 0. The molecule has 6 nitrogen and oxygen atoms in total. The Bertz CT molecular complexity index is 445. The Labute approximate surface area is 124 Å². The summed E-state index contributed by atoms with van der Waals surface area (Å²) in [5.41, 5.74) is 0. The summed E-state index contributed by atoms with van der Waals surface area (Å²) in [5, 5.41) is 2.77. The lowest BCUT2D eigenvalue weighted by Gasteiger charge is -2.23. The number of methoxy groups -OCH3 is 1. The first-order valence-electron chi connectivity index (χ1n) is 7.05. The van der Waals surface area contributed by atoms with E-state index in [0.717, 1.165) is 19.6 Å². The van der Waals surface area contributed by atoms with E-state index in [1.165, 1.54) is 0 Å². The third-order valence-electron chi connectivity index (χ3n) is 3.03. The van der Waals surface area contributed by atoms with Crippen molar-refractivity contribution in [2.45, 2.75) is 19.1 Å². The van der Waals surface area contributed by atoms with Gasteiger partial charge in [0.1, 0.15) is 0 Å². The summed E-state index contributed by atoms with van der Waals surface area (Å²) in [6, 6.07) is 7.21. The van der Waals surface area contributed by atoms with Crippen LogP contribution in [0.1, 0.15) is 12.8 Å². The Morgan fingerprint density at radius 1 is 1.29 bits per heavy atom. The van der Waals surface area contributed by atoms with Gasteiger partial charge < -0.3 is 24.3 Å². The monoisotopic (exact) mass is 295 g/mol. The van der Waals surface area contributed by atoms with Crippen molar-refractivity contribution in [3.05, 3.63) is 24.3 Å². The van der Waals surface area contributed by atoms with Gasteiger partial charge in [-0.1, -0.05) is 12.1 Å². The first-order chi connectivity index (χ1) is 10.3. The van der Waals surface area contributed by atoms with Gasteiger partial charge in [-0.15, -0.1) is 0 Å². The number of carbonyl (C=O) groups excluding carboxylic acids is 1. The van der Waals surface area contributed by atoms with Gasteiger partial charge in [-0.2, -0.15) is 0 Å². The minimum Gasteiger partial charge on any atom is -0.493 e. The van der Waals surface area contributed by atoms with Crippen molar-refractivity contribution in [3.63, 3.8) is 0 Å². The van der Waals surface area contributed by atoms with Crippen molar-refractivity contribution < 1.29 is 23.7 Å². The SMILES string of the molecule is COc1ccccc1OCC(=O)NCCC1OCCCO1. The van der Waals surface area contributed by atoms with Crippen LogP contribution in [0.25, 0.3) is 0 Å². The van der Waals surface area contributed by atoms with Crippen LogP contribution in [0.2, 0.25) is 0 Å². The number of hydrogen-bond acceptors (Lipinski definition) is 5.